The molecule has 0 spiro atoms. The molecule has 6 nitrogen and oxygen atoms in total. The quantitative estimate of drug-likeness (QED) is 0.516. The van der Waals surface area contributed by atoms with Gasteiger partial charge in [-0.15, -0.1) is 0 Å². The zero-order chi connectivity index (χ0) is 21.3. The van der Waals surface area contributed by atoms with Crippen molar-refractivity contribution in [2.24, 2.45) is 0 Å². The average molecular weight is 427 g/mol. The fraction of sp³-hybridized carbons (Fsp3) is 0.348. The molecule has 1 aromatic heterocycles. The van der Waals surface area contributed by atoms with Gasteiger partial charge in [-0.1, -0.05) is 60.9 Å². The molecule has 30 heavy (non-hydrogen) atoms. The van der Waals surface area contributed by atoms with E-state index < -0.39 is 0 Å². The van der Waals surface area contributed by atoms with Gasteiger partial charge in [0.05, 0.1) is 6.04 Å². The van der Waals surface area contributed by atoms with Gasteiger partial charge in [-0.3, -0.25) is 9.69 Å². The Hall–Kier alpha value is -2.70. The number of rotatable bonds is 10. The fourth-order valence-corrected chi connectivity index (χ4v) is 3.52. The molecule has 1 atom stereocenters. The second-order valence-corrected chi connectivity index (χ2v) is 7.41. The lowest BCUT2D eigenvalue weighted by Gasteiger charge is -2.30. The minimum absolute atomic E-state index is 0.0330. The molecule has 0 aliphatic heterocycles. The number of hydrogen-bond acceptors (Lipinski definition) is 5. The number of hydrogen-bond donors (Lipinski definition) is 1. The van der Waals surface area contributed by atoms with Crippen LogP contribution in [0.25, 0.3) is 11.4 Å². The number of nitrogens with zero attached hydrogens (tertiary/aromatic N) is 3. The van der Waals surface area contributed by atoms with Gasteiger partial charge in [0, 0.05) is 30.0 Å². The summed E-state index contributed by atoms with van der Waals surface area (Å²) in [6.45, 7) is 6.66. The molecule has 0 saturated heterocycles. The van der Waals surface area contributed by atoms with Gasteiger partial charge >= 0.3 is 0 Å². The van der Waals surface area contributed by atoms with Crippen molar-refractivity contribution in [3.05, 3.63) is 71.1 Å². The van der Waals surface area contributed by atoms with Gasteiger partial charge in [0.25, 0.3) is 0 Å². The van der Waals surface area contributed by atoms with Crippen LogP contribution in [0.4, 0.5) is 0 Å². The first kappa shape index (κ1) is 22.0. The zero-order valence-corrected chi connectivity index (χ0v) is 18.1. The van der Waals surface area contributed by atoms with E-state index in [4.69, 9.17) is 16.1 Å². The molecule has 0 aliphatic rings. The van der Waals surface area contributed by atoms with Gasteiger partial charge in [-0.25, -0.2) is 0 Å². The van der Waals surface area contributed by atoms with Gasteiger partial charge in [-0.05, 0) is 42.9 Å². The molecule has 1 unspecified atom stereocenters. The van der Waals surface area contributed by atoms with Crippen molar-refractivity contribution in [1.82, 2.24) is 20.4 Å². The van der Waals surface area contributed by atoms with E-state index in [2.05, 4.69) is 46.3 Å². The van der Waals surface area contributed by atoms with Crippen LogP contribution in [0.1, 0.15) is 37.8 Å². The Morgan fingerprint density at radius 1 is 1.10 bits per heavy atom. The topological polar surface area (TPSA) is 71.3 Å². The normalized spacial score (nSPS) is 12.1. The highest BCUT2D eigenvalue weighted by Gasteiger charge is 2.19. The van der Waals surface area contributed by atoms with E-state index in [0.29, 0.717) is 36.1 Å². The van der Waals surface area contributed by atoms with Crippen molar-refractivity contribution >= 4 is 17.5 Å². The molecular formula is C23H27ClN4O2. The van der Waals surface area contributed by atoms with Crippen LogP contribution in [0.15, 0.2) is 59.1 Å². The number of carbonyl (C=O) groups is 1. The maximum Gasteiger partial charge on any atom is 0.227 e. The molecule has 0 saturated carbocycles. The summed E-state index contributed by atoms with van der Waals surface area (Å²) in [6.07, 6.45) is 0.690. The Labute approximate surface area is 182 Å². The van der Waals surface area contributed by atoms with Crippen LogP contribution in [-0.2, 0) is 11.2 Å². The SMILES string of the molecule is CCN(CC)C(CNC(=O)CCc1nc(-c2ccc(Cl)cc2)no1)c1ccccc1. The predicted molar refractivity (Wildman–Crippen MR) is 118 cm³/mol. The smallest absolute Gasteiger partial charge is 0.227 e. The van der Waals surface area contributed by atoms with Crippen LogP contribution in [0, 0.1) is 0 Å². The first-order valence-electron chi connectivity index (χ1n) is 10.2. The van der Waals surface area contributed by atoms with E-state index >= 15 is 0 Å². The standard InChI is InChI=1S/C23H27ClN4O2/c1-3-28(4-2)20(17-8-6-5-7-9-17)16-25-21(29)14-15-22-26-23(27-30-22)18-10-12-19(24)13-11-18/h5-13,20H,3-4,14-16H2,1-2H3,(H,25,29). The van der Waals surface area contributed by atoms with Gasteiger partial charge in [0.1, 0.15) is 0 Å². The van der Waals surface area contributed by atoms with Crippen LogP contribution in [0.2, 0.25) is 5.02 Å². The summed E-state index contributed by atoms with van der Waals surface area (Å²) < 4.78 is 5.29. The number of carbonyl (C=O) groups excluding carboxylic acids is 1. The number of amides is 1. The predicted octanol–water partition coefficient (Wildman–Crippen LogP) is 4.52. The van der Waals surface area contributed by atoms with Crippen LogP contribution in [0.3, 0.4) is 0 Å². The molecule has 1 N–H and O–H groups in total. The Morgan fingerprint density at radius 2 is 1.80 bits per heavy atom. The summed E-state index contributed by atoms with van der Waals surface area (Å²) >= 11 is 5.91. The maximum atomic E-state index is 12.4. The molecule has 0 bridgehead atoms. The minimum atomic E-state index is -0.0330. The highest BCUT2D eigenvalue weighted by molar-refractivity contribution is 6.30. The summed E-state index contributed by atoms with van der Waals surface area (Å²) in [5.74, 6) is 0.903. The third kappa shape index (κ3) is 5.90. The zero-order valence-electron chi connectivity index (χ0n) is 17.3. The lowest BCUT2D eigenvalue weighted by Crippen LogP contribution is -2.38. The largest absolute Gasteiger partial charge is 0.354 e. The van der Waals surface area contributed by atoms with E-state index in [1.165, 1.54) is 5.56 Å². The summed E-state index contributed by atoms with van der Waals surface area (Å²) in [5, 5.41) is 7.70. The Balaban J connectivity index is 1.54. The summed E-state index contributed by atoms with van der Waals surface area (Å²) in [5.41, 5.74) is 2.02. The molecule has 1 amide bonds. The van der Waals surface area contributed by atoms with Gasteiger partial charge in [0.2, 0.25) is 17.6 Å². The van der Waals surface area contributed by atoms with E-state index in [0.717, 1.165) is 18.7 Å². The molecule has 2 aromatic carbocycles. The van der Waals surface area contributed by atoms with E-state index in [1.54, 1.807) is 12.1 Å². The lowest BCUT2D eigenvalue weighted by molar-refractivity contribution is -0.121. The van der Waals surface area contributed by atoms with Crippen molar-refractivity contribution in [1.29, 1.82) is 0 Å². The van der Waals surface area contributed by atoms with Crippen molar-refractivity contribution < 1.29 is 9.32 Å². The van der Waals surface area contributed by atoms with Crippen LogP contribution < -0.4 is 5.32 Å². The number of aryl methyl sites for hydroxylation is 1. The second kappa shape index (κ2) is 10.9. The van der Waals surface area contributed by atoms with Crippen LogP contribution in [0.5, 0.6) is 0 Å². The fourth-order valence-electron chi connectivity index (χ4n) is 3.39. The van der Waals surface area contributed by atoms with Crippen LogP contribution in [-0.4, -0.2) is 40.6 Å². The van der Waals surface area contributed by atoms with Crippen LogP contribution >= 0.6 is 11.6 Å². The number of aromatic nitrogens is 2. The van der Waals surface area contributed by atoms with Gasteiger partial charge in [0.15, 0.2) is 0 Å². The molecule has 0 aliphatic carbocycles. The number of likely N-dealkylation sites (N-methyl/N-ethyl adjacent to an activating group) is 1. The van der Waals surface area contributed by atoms with Crippen molar-refractivity contribution in [3.63, 3.8) is 0 Å². The molecule has 1 heterocycles. The summed E-state index contributed by atoms with van der Waals surface area (Å²) in [6, 6.07) is 17.6. The second-order valence-electron chi connectivity index (χ2n) is 6.97. The lowest BCUT2D eigenvalue weighted by atomic mass is 10.0. The van der Waals surface area contributed by atoms with Gasteiger partial charge < -0.3 is 9.84 Å². The summed E-state index contributed by atoms with van der Waals surface area (Å²) in [7, 11) is 0. The van der Waals surface area contributed by atoms with Crippen molar-refractivity contribution in [3.8, 4) is 11.4 Å². The number of nitrogens with one attached hydrogen (secondary N) is 1. The molecule has 7 heteroatoms. The molecular weight excluding hydrogens is 400 g/mol. The molecule has 0 radical (unpaired) electrons. The van der Waals surface area contributed by atoms with E-state index in [1.807, 2.05) is 30.3 Å². The maximum absolute atomic E-state index is 12.4. The first-order valence-corrected chi connectivity index (χ1v) is 10.6. The van der Waals surface area contributed by atoms with E-state index in [-0.39, 0.29) is 11.9 Å². The monoisotopic (exact) mass is 426 g/mol. The first-order chi connectivity index (χ1) is 14.6. The Bertz CT molecular complexity index is 924. The Kier molecular flexibility index (Phi) is 7.99. The molecule has 158 valence electrons. The molecule has 3 rings (SSSR count). The third-order valence-corrected chi connectivity index (χ3v) is 5.32. The molecule has 3 aromatic rings. The third-order valence-electron chi connectivity index (χ3n) is 5.07. The highest BCUT2D eigenvalue weighted by atomic mass is 35.5. The number of halogens is 1. The average Bonchev–Trinajstić information content (AvgIpc) is 3.25. The minimum Gasteiger partial charge on any atom is -0.354 e. The summed E-state index contributed by atoms with van der Waals surface area (Å²) in [4.78, 5) is 19.1. The molecule has 0 fully saturated rings. The van der Waals surface area contributed by atoms with Crippen molar-refractivity contribution in [2.45, 2.75) is 32.7 Å². The Morgan fingerprint density at radius 3 is 2.47 bits per heavy atom. The van der Waals surface area contributed by atoms with Crippen molar-refractivity contribution in [2.75, 3.05) is 19.6 Å². The van der Waals surface area contributed by atoms with E-state index in [9.17, 15) is 4.79 Å². The van der Waals surface area contributed by atoms with Gasteiger partial charge in [-0.2, -0.15) is 4.98 Å². The number of benzene rings is 2. The highest BCUT2D eigenvalue weighted by Crippen LogP contribution is 2.20.